The van der Waals surface area contributed by atoms with Crippen LogP contribution < -0.4 is 0 Å². The highest BCUT2D eigenvalue weighted by Gasteiger charge is 2.28. The molecule has 3 aromatic rings. The summed E-state index contributed by atoms with van der Waals surface area (Å²) in [6, 6.07) is 17.9. The lowest BCUT2D eigenvalue weighted by atomic mass is 10.1. The molecule has 0 unspecified atom stereocenters. The summed E-state index contributed by atoms with van der Waals surface area (Å²) in [6.45, 7) is 5.22. The Hall–Kier alpha value is -2.05. The molecule has 0 atom stereocenters. The number of benzene rings is 2. The molecule has 0 spiro atoms. The molecule has 6 heteroatoms. The maximum atomic E-state index is 12.3. The SMILES string of the molecule is CC(C)(C)S(=O)(=O)Cc1ccc(CCc2nnc(-c3ccccc3)s2)cc1. The van der Waals surface area contributed by atoms with Crippen molar-refractivity contribution in [1.29, 1.82) is 0 Å². The van der Waals surface area contributed by atoms with Crippen LogP contribution in [0.15, 0.2) is 54.6 Å². The average molecular weight is 401 g/mol. The van der Waals surface area contributed by atoms with E-state index in [0.717, 1.165) is 34.0 Å². The Morgan fingerprint density at radius 3 is 2.11 bits per heavy atom. The van der Waals surface area contributed by atoms with Crippen molar-refractivity contribution in [1.82, 2.24) is 10.2 Å². The van der Waals surface area contributed by atoms with Crippen molar-refractivity contribution in [3.8, 4) is 10.6 Å². The van der Waals surface area contributed by atoms with Gasteiger partial charge in [0.05, 0.1) is 10.5 Å². The average Bonchev–Trinajstić information content (AvgIpc) is 3.10. The third kappa shape index (κ3) is 5.02. The smallest absolute Gasteiger partial charge is 0.159 e. The fourth-order valence-corrected chi connectivity index (χ4v) is 4.45. The van der Waals surface area contributed by atoms with E-state index in [2.05, 4.69) is 10.2 Å². The third-order valence-electron chi connectivity index (χ3n) is 4.43. The lowest BCUT2D eigenvalue weighted by Gasteiger charge is -2.19. The lowest BCUT2D eigenvalue weighted by Crippen LogP contribution is -2.29. The van der Waals surface area contributed by atoms with Gasteiger partial charge in [-0.3, -0.25) is 0 Å². The van der Waals surface area contributed by atoms with Crippen LogP contribution in [0.25, 0.3) is 10.6 Å². The second kappa shape index (κ2) is 7.90. The first kappa shape index (κ1) is 19.7. The number of nitrogens with zero attached hydrogens (tertiary/aromatic N) is 2. The Morgan fingerprint density at radius 1 is 0.852 bits per heavy atom. The maximum Gasteiger partial charge on any atom is 0.159 e. The van der Waals surface area contributed by atoms with Crippen molar-refractivity contribution in [2.45, 2.75) is 44.1 Å². The van der Waals surface area contributed by atoms with Gasteiger partial charge in [-0.1, -0.05) is 65.9 Å². The van der Waals surface area contributed by atoms with E-state index in [9.17, 15) is 8.42 Å². The lowest BCUT2D eigenvalue weighted by molar-refractivity contribution is 0.559. The molecule has 1 aromatic heterocycles. The minimum atomic E-state index is -3.16. The molecule has 0 aliphatic carbocycles. The van der Waals surface area contributed by atoms with Crippen LogP contribution in [-0.4, -0.2) is 23.4 Å². The fourth-order valence-electron chi connectivity index (χ4n) is 2.54. The summed E-state index contributed by atoms with van der Waals surface area (Å²) in [5, 5.41) is 10.5. The van der Waals surface area contributed by atoms with E-state index >= 15 is 0 Å². The number of rotatable bonds is 6. The molecule has 0 bridgehead atoms. The molecular weight excluding hydrogens is 376 g/mol. The van der Waals surface area contributed by atoms with Crippen molar-refractivity contribution in [2.24, 2.45) is 0 Å². The maximum absolute atomic E-state index is 12.3. The van der Waals surface area contributed by atoms with E-state index in [-0.39, 0.29) is 5.75 Å². The number of hydrogen-bond donors (Lipinski definition) is 0. The van der Waals surface area contributed by atoms with Gasteiger partial charge in [0.2, 0.25) is 0 Å². The molecule has 1 heterocycles. The van der Waals surface area contributed by atoms with Crippen molar-refractivity contribution in [2.75, 3.05) is 0 Å². The predicted molar refractivity (Wildman–Crippen MR) is 112 cm³/mol. The minimum absolute atomic E-state index is 0.0770. The van der Waals surface area contributed by atoms with Crippen LogP contribution >= 0.6 is 11.3 Å². The molecule has 0 N–H and O–H groups in total. The summed E-state index contributed by atoms with van der Waals surface area (Å²) in [4.78, 5) is 0. The van der Waals surface area contributed by atoms with E-state index in [1.165, 1.54) is 5.56 Å². The van der Waals surface area contributed by atoms with Crippen molar-refractivity contribution < 1.29 is 8.42 Å². The minimum Gasteiger partial charge on any atom is -0.228 e. The third-order valence-corrected chi connectivity index (χ3v) is 8.04. The molecule has 0 aliphatic rings. The Labute approximate surface area is 165 Å². The van der Waals surface area contributed by atoms with Gasteiger partial charge in [-0.15, -0.1) is 10.2 Å². The van der Waals surface area contributed by atoms with Gasteiger partial charge in [0.25, 0.3) is 0 Å². The zero-order valence-electron chi connectivity index (χ0n) is 15.8. The number of sulfone groups is 1. The van der Waals surface area contributed by atoms with Crippen LogP contribution in [0.4, 0.5) is 0 Å². The van der Waals surface area contributed by atoms with Crippen LogP contribution in [0.1, 0.15) is 36.9 Å². The van der Waals surface area contributed by atoms with E-state index in [1.54, 1.807) is 32.1 Å². The zero-order valence-corrected chi connectivity index (χ0v) is 17.5. The quantitative estimate of drug-likeness (QED) is 0.601. The number of aromatic nitrogens is 2. The summed E-state index contributed by atoms with van der Waals surface area (Å²) in [5.41, 5.74) is 3.09. The van der Waals surface area contributed by atoms with Gasteiger partial charge in [-0.2, -0.15) is 0 Å². The van der Waals surface area contributed by atoms with E-state index in [4.69, 9.17) is 0 Å². The molecule has 3 rings (SSSR count). The summed E-state index contributed by atoms with van der Waals surface area (Å²) in [7, 11) is -3.16. The van der Waals surface area contributed by atoms with Crippen molar-refractivity contribution >= 4 is 21.2 Å². The van der Waals surface area contributed by atoms with Crippen LogP contribution in [0.5, 0.6) is 0 Å². The highest BCUT2D eigenvalue weighted by atomic mass is 32.2. The molecule has 0 aliphatic heterocycles. The van der Waals surface area contributed by atoms with Gasteiger partial charge >= 0.3 is 0 Å². The van der Waals surface area contributed by atoms with Crippen LogP contribution in [0.3, 0.4) is 0 Å². The Kier molecular flexibility index (Phi) is 5.77. The van der Waals surface area contributed by atoms with Crippen molar-refractivity contribution in [3.05, 3.63) is 70.7 Å². The van der Waals surface area contributed by atoms with Gasteiger partial charge in [-0.05, 0) is 38.3 Å². The monoisotopic (exact) mass is 400 g/mol. The molecule has 0 saturated carbocycles. The van der Waals surface area contributed by atoms with Crippen LogP contribution in [0.2, 0.25) is 0 Å². The van der Waals surface area contributed by atoms with E-state index in [1.807, 2.05) is 54.6 Å². The highest BCUT2D eigenvalue weighted by molar-refractivity contribution is 7.91. The van der Waals surface area contributed by atoms with E-state index in [0.29, 0.717) is 0 Å². The molecular formula is C21H24N2O2S2. The first-order valence-corrected chi connectivity index (χ1v) is 11.4. The van der Waals surface area contributed by atoms with Gasteiger partial charge in [0.1, 0.15) is 10.0 Å². The first-order valence-electron chi connectivity index (χ1n) is 8.92. The second-order valence-electron chi connectivity index (χ2n) is 7.55. The molecule has 0 saturated heterocycles. The van der Waals surface area contributed by atoms with Crippen LogP contribution in [-0.2, 0) is 28.4 Å². The van der Waals surface area contributed by atoms with Gasteiger partial charge in [-0.25, -0.2) is 8.42 Å². The Balaban J connectivity index is 1.60. The van der Waals surface area contributed by atoms with Crippen LogP contribution in [0, 0.1) is 0 Å². The predicted octanol–water partition coefficient (Wildman–Crippen LogP) is 4.70. The second-order valence-corrected chi connectivity index (χ2v) is 11.4. The summed E-state index contributed by atoms with van der Waals surface area (Å²) < 4.78 is 23.9. The Bertz CT molecular complexity index is 987. The molecule has 142 valence electrons. The van der Waals surface area contributed by atoms with Gasteiger partial charge in [0, 0.05) is 12.0 Å². The Morgan fingerprint density at radius 2 is 1.48 bits per heavy atom. The largest absolute Gasteiger partial charge is 0.228 e. The van der Waals surface area contributed by atoms with E-state index < -0.39 is 14.6 Å². The summed E-state index contributed by atoms with van der Waals surface area (Å²) in [5.74, 6) is 0.0770. The molecule has 4 nitrogen and oxygen atoms in total. The number of hydrogen-bond acceptors (Lipinski definition) is 5. The van der Waals surface area contributed by atoms with Crippen molar-refractivity contribution in [3.63, 3.8) is 0 Å². The van der Waals surface area contributed by atoms with Gasteiger partial charge < -0.3 is 0 Å². The number of aryl methyl sites for hydroxylation is 2. The zero-order chi connectivity index (χ0) is 19.5. The normalized spacial score (nSPS) is 12.3. The molecule has 27 heavy (non-hydrogen) atoms. The topological polar surface area (TPSA) is 59.9 Å². The molecule has 0 radical (unpaired) electrons. The van der Waals surface area contributed by atoms with Gasteiger partial charge in [0.15, 0.2) is 9.84 Å². The first-order chi connectivity index (χ1) is 12.7. The highest BCUT2D eigenvalue weighted by Crippen LogP contribution is 2.24. The molecule has 0 fully saturated rings. The molecule has 0 amide bonds. The molecule has 2 aromatic carbocycles. The summed E-state index contributed by atoms with van der Waals surface area (Å²) in [6.07, 6.45) is 1.68. The standard InChI is InChI=1S/C21H24N2O2S2/c1-21(2,3)27(24,25)15-17-11-9-16(10-12-17)13-14-19-22-23-20(26-19)18-7-5-4-6-8-18/h4-12H,13-15H2,1-3H3. The summed E-state index contributed by atoms with van der Waals surface area (Å²) >= 11 is 1.62. The fraction of sp³-hybridized carbons (Fsp3) is 0.333.